The summed E-state index contributed by atoms with van der Waals surface area (Å²) < 4.78 is 0. The molecular weight excluding hydrogens is 222 g/mol. The SMILES string of the molecule is CC1NC2CC3CC4CNCC(C4)C3CC2N1C. The lowest BCUT2D eigenvalue weighted by atomic mass is 9.59. The van der Waals surface area contributed by atoms with E-state index in [4.69, 9.17) is 0 Å². The van der Waals surface area contributed by atoms with E-state index in [2.05, 4.69) is 29.5 Å². The van der Waals surface area contributed by atoms with E-state index >= 15 is 0 Å². The molecule has 3 heteroatoms. The standard InChI is InChI=1S/C15H27N3/c1-9-17-14-5-11-3-10-4-12(8-16-7-10)13(11)6-15(14)18(9)2/h9-17H,3-8H2,1-2H3. The first-order valence-electron chi connectivity index (χ1n) is 7.91. The lowest BCUT2D eigenvalue weighted by Crippen LogP contribution is -2.53. The van der Waals surface area contributed by atoms with Crippen molar-refractivity contribution >= 4 is 0 Å². The molecule has 2 heterocycles. The summed E-state index contributed by atoms with van der Waals surface area (Å²) in [4.78, 5) is 2.59. The quantitative estimate of drug-likeness (QED) is 0.677. The summed E-state index contributed by atoms with van der Waals surface area (Å²) in [5, 5.41) is 7.48. The van der Waals surface area contributed by atoms with Gasteiger partial charge in [-0.05, 0) is 76.4 Å². The van der Waals surface area contributed by atoms with Crippen molar-refractivity contribution in [3.8, 4) is 0 Å². The predicted molar refractivity (Wildman–Crippen MR) is 73.2 cm³/mol. The van der Waals surface area contributed by atoms with Gasteiger partial charge in [-0.2, -0.15) is 0 Å². The summed E-state index contributed by atoms with van der Waals surface area (Å²) in [6.07, 6.45) is 6.48. The Labute approximate surface area is 111 Å². The molecule has 0 radical (unpaired) electrons. The maximum atomic E-state index is 3.81. The van der Waals surface area contributed by atoms with Gasteiger partial charge in [0, 0.05) is 12.1 Å². The van der Waals surface area contributed by atoms with Gasteiger partial charge in [-0.25, -0.2) is 0 Å². The fourth-order valence-corrected chi connectivity index (χ4v) is 5.49. The van der Waals surface area contributed by atoms with Gasteiger partial charge in [-0.15, -0.1) is 0 Å². The molecule has 102 valence electrons. The topological polar surface area (TPSA) is 27.3 Å². The second-order valence-electron chi connectivity index (χ2n) is 7.33. The van der Waals surface area contributed by atoms with Gasteiger partial charge in [-0.3, -0.25) is 10.2 Å². The van der Waals surface area contributed by atoms with Crippen LogP contribution in [0.2, 0.25) is 0 Å². The van der Waals surface area contributed by atoms with Gasteiger partial charge in [0.1, 0.15) is 0 Å². The van der Waals surface area contributed by atoms with E-state index in [1.807, 2.05) is 0 Å². The first kappa shape index (κ1) is 11.7. The maximum Gasteiger partial charge on any atom is 0.0571 e. The molecule has 2 aliphatic carbocycles. The summed E-state index contributed by atoms with van der Waals surface area (Å²) >= 11 is 0. The van der Waals surface area contributed by atoms with Crippen LogP contribution in [0.15, 0.2) is 0 Å². The minimum Gasteiger partial charge on any atom is -0.316 e. The molecule has 0 aromatic carbocycles. The molecule has 0 amide bonds. The van der Waals surface area contributed by atoms with Gasteiger partial charge in [-0.1, -0.05) is 0 Å². The van der Waals surface area contributed by atoms with Gasteiger partial charge >= 0.3 is 0 Å². The number of nitrogens with zero attached hydrogens (tertiary/aromatic N) is 1. The largest absolute Gasteiger partial charge is 0.316 e. The van der Waals surface area contributed by atoms with Gasteiger partial charge in [0.15, 0.2) is 0 Å². The number of likely N-dealkylation sites (N-methyl/N-ethyl adjacent to an activating group) is 1. The lowest BCUT2D eigenvalue weighted by molar-refractivity contribution is 0.0155. The van der Waals surface area contributed by atoms with Crippen LogP contribution in [0.4, 0.5) is 0 Å². The summed E-state index contributed by atoms with van der Waals surface area (Å²) in [7, 11) is 2.31. The number of rotatable bonds is 0. The van der Waals surface area contributed by atoms with Crippen molar-refractivity contribution in [2.75, 3.05) is 20.1 Å². The highest BCUT2D eigenvalue weighted by Crippen LogP contribution is 2.48. The maximum absolute atomic E-state index is 3.81. The van der Waals surface area contributed by atoms with E-state index in [0.717, 1.165) is 35.8 Å². The smallest absolute Gasteiger partial charge is 0.0571 e. The zero-order valence-corrected chi connectivity index (χ0v) is 11.7. The number of fused-ring (bicyclic) bond motifs is 5. The molecule has 2 aliphatic heterocycles. The molecule has 0 spiro atoms. The Morgan fingerprint density at radius 1 is 1.00 bits per heavy atom. The highest BCUT2D eigenvalue weighted by atomic mass is 15.3. The first-order chi connectivity index (χ1) is 8.72. The van der Waals surface area contributed by atoms with Gasteiger partial charge < -0.3 is 5.32 Å². The van der Waals surface area contributed by atoms with E-state index in [1.54, 1.807) is 0 Å². The summed E-state index contributed by atoms with van der Waals surface area (Å²) in [6.45, 7) is 4.90. The van der Waals surface area contributed by atoms with Crippen LogP contribution >= 0.6 is 0 Å². The summed E-state index contributed by atoms with van der Waals surface area (Å²) in [5.74, 6) is 3.99. The van der Waals surface area contributed by atoms with Crippen molar-refractivity contribution < 1.29 is 0 Å². The predicted octanol–water partition coefficient (Wildman–Crippen LogP) is 1.26. The molecule has 18 heavy (non-hydrogen) atoms. The van der Waals surface area contributed by atoms with Crippen LogP contribution in [0.25, 0.3) is 0 Å². The average molecular weight is 249 g/mol. The van der Waals surface area contributed by atoms with Gasteiger partial charge in [0.05, 0.1) is 6.17 Å². The van der Waals surface area contributed by atoms with E-state index < -0.39 is 0 Å². The second kappa shape index (κ2) is 4.19. The Morgan fingerprint density at radius 2 is 1.83 bits per heavy atom. The van der Waals surface area contributed by atoms with E-state index in [-0.39, 0.29) is 0 Å². The van der Waals surface area contributed by atoms with E-state index in [9.17, 15) is 0 Å². The van der Waals surface area contributed by atoms with Crippen molar-refractivity contribution in [2.45, 2.75) is 50.9 Å². The molecule has 0 aromatic rings. The summed E-state index contributed by atoms with van der Waals surface area (Å²) in [6, 6.07) is 1.58. The number of hydrogen-bond acceptors (Lipinski definition) is 3. The minimum absolute atomic E-state index is 0.581. The van der Waals surface area contributed by atoms with E-state index in [1.165, 1.54) is 38.8 Å². The third kappa shape index (κ3) is 1.67. The normalized spacial score (nSPS) is 56.0. The third-order valence-electron chi connectivity index (χ3n) is 6.45. The fourth-order valence-electron chi connectivity index (χ4n) is 5.49. The van der Waals surface area contributed by atoms with E-state index in [0.29, 0.717) is 6.17 Å². The van der Waals surface area contributed by atoms with Gasteiger partial charge in [0.2, 0.25) is 0 Å². The van der Waals surface area contributed by atoms with Crippen LogP contribution < -0.4 is 10.6 Å². The Morgan fingerprint density at radius 3 is 2.72 bits per heavy atom. The van der Waals surface area contributed by atoms with Crippen LogP contribution in [0, 0.1) is 23.7 Å². The zero-order valence-electron chi connectivity index (χ0n) is 11.7. The number of piperidine rings is 1. The average Bonchev–Trinajstić information content (AvgIpc) is 2.63. The lowest BCUT2D eigenvalue weighted by Gasteiger charge is -2.51. The van der Waals surface area contributed by atoms with Crippen molar-refractivity contribution in [3.63, 3.8) is 0 Å². The molecule has 3 nitrogen and oxygen atoms in total. The summed E-state index contributed by atoms with van der Waals surface area (Å²) in [5.41, 5.74) is 0. The molecule has 0 aromatic heterocycles. The monoisotopic (exact) mass is 249 g/mol. The van der Waals surface area contributed by atoms with Crippen LogP contribution in [0.1, 0.15) is 32.6 Å². The molecule has 7 atom stereocenters. The first-order valence-corrected chi connectivity index (χ1v) is 7.91. The molecule has 2 bridgehead atoms. The molecule has 2 saturated carbocycles. The molecule has 4 aliphatic rings. The Balaban J connectivity index is 1.55. The van der Waals surface area contributed by atoms with Gasteiger partial charge in [0.25, 0.3) is 0 Å². The van der Waals surface area contributed by atoms with Crippen molar-refractivity contribution in [2.24, 2.45) is 23.7 Å². The number of hydrogen-bond donors (Lipinski definition) is 2. The van der Waals surface area contributed by atoms with Crippen LogP contribution in [0.5, 0.6) is 0 Å². The third-order valence-corrected chi connectivity index (χ3v) is 6.45. The van der Waals surface area contributed by atoms with Crippen LogP contribution in [-0.2, 0) is 0 Å². The Kier molecular flexibility index (Phi) is 2.72. The van der Waals surface area contributed by atoms with Crippen molar-refractivity contribution in [3.05, 3.63) is 0 Å². The molecule has 7 unspecified atom stereocenters. The highest BCUT2D eigenvalue weighted by molar-refractivity contribution is 5.04. The van der Waals surface area contributed by atoms with Crippen molar-refractivity contribution in [1.82, 2.24) is 15.5 Å². The second-order valence-corrected chi connectivity index (χ2v) is 7.33. The highest BCUT2D eigenvalue weighted by Gasteiger charge is 2.49. The van der Waals surface area contributed by atoms with Crippen molar-refractivity contribution in [1.29, 1.82) is 0 Å². The molecule has 2 N–H and O–H groups in total. The molecule has 4 rings (SSSR count). The zero-order chi connectivity index (χ0) is 12.3. The molecular formula is C15H27N3. The Bertz CT molecular complexity index is 332. The Hall–Kier alpha value is -0.120. The number of nitrogens with one attached hydrogen (secondary N) is 2. The fraction of sp³-hybridized carbons (Fsp3) is 1.00. The minimum atomic E-state index is 0.581. The molecule has 4 fully saturated rings. The molecule has 2 saturated heterocycles. The van der Waals surface area contributed by atoms with Crippen LogP contribution in [-0.4, -0.2) is 43.3 Å². The van der Waals surface area contributed by atoms with Crippen LogP contribution in [0.3, 0.4) is 0 Å².